The SMILES string of the molecule is O=C(c1cc(Sc2ccc(NC(=S)Nc3ccc(F)cc3)cc2)ccn1)N1CCCC1. The monoisotopic (exact) mass is 452 g/mol. The maximum absolute atomic E-state index is 13.0. The Hall–Kier alpha value is -2.97. The second kappa shape index (κ2) is 9.89. The van der Waals surface area contributed by atoms with Crippen LogP contribution in [0.15, 0.2) is 76.7 Å². The van der Waals surface area contributed by atoms with Gasteiger partial charge in [0, 0.05) is 40.5 Å². The fraction of sp³-hybridized carbons (Fsp3) is 0.174. The van der Waals surface area contributed by atoms with E-state index in [1.54, 1.807) is 30.1 Å². The zero-order valence-corrected chi connectivity index (χ0v) is 18.3. The molecule has 31 heavy (non-hydrogen) atoms. The third kappa shape index (κ3) is 5.80. The predicted molar refractivity (Wildman–Crippen MR) is 126 cm³/mol. The Morgan fingerprint density at radius 2 is 1.55 bits per heavy atom. The van der Waals surface area contributed by atoms with Crippen molar-refractivity contribution in [3.63, 3.8) is 0 Å². The van der Waals surface area contributed by atoms with E-state index in [9.17, 15) is 9.18 Å². The summed E-state index contributed by atoms with van der Waals surface area (Å²) in [4.78, 5) is 20.7. The van der Waals surface area contributed by atoms with Gasteiger partial charge >= 0.3 is 0 Å². The summed E-state index contributed by atoms with van der Waals surface area (Å²) in [7, 11) is 0. The van der Waals surface area contributed by atoms with Crippen LogP contribution in [0.4, 0.5) is 15.8 Å². The Bertz CT molecular complexity index is 1070. The lowest BCUT2D eigenvalue weighted by atomic mass is 10.3. The third-order valence-corrected chi connectivity index (χ3v) is 6.00. The highest BCUT2D eigenvalue weighted by Gasteiger charge is 2.20. The van der Waals surface area contributed by atoms with E-state index in [1.807, 2.05) is 41.3 Å². The number of amides is 1. The van der Waals surface area contributed by atoms with Crippen LogP contribution in [0, 0.1) is 5.82 Å². The molecule has 2 heterocycles. The van der Waals surface area contributed by atoms with Gasteiger partial charge in [-0.05, 0) is 85.7 Å². The largest absolute Gasteiger partial charge is 0.337 e. The molecule has 1 aromatic heterocycles. The zero-order chi connectivity index (χ0) is 21.6. The molecule has 1 aliphatic heterocycles. The number of thiocarbonyl (C=S) groups is 1. The molecule has 1 fully saturated rings. The summed E-state index contributed by atoms with van der Waals surface area (Å²) in [6, 6.07) is 17.6. The van der Waals surface area contributed by atoms with Gasteiger partial charge in [-0.2, -0.15) is 0 Å². The van der Waals surface area contributed by atoms with Crippen LogP contribution in [0.2, 0.25) is 0 Å². The molecule has 0 radical (unpaired) electrons. The summed E-state index contributed by atoms with van der Waals surface area (Å²) in [5, 5.41) is 6.55. The first kappa shape index (κ1) is 21.3. The molecular weight excluding hydrogens is 431 g/mol. The zero-order valence-electron chi connectivity index (χ0n) is 16.7. The smallest absolute Gasteiger partial charge is 0.272 e. The fourth-order valence-electron chi connectivity index (χ4n) is 3.24. The third-order valence-electron chi connectivity index (χ3n) is 4.79. The van der Waals surface area contributed by atoms with Crippen LogP contribution < -0.4 is 10.6 Å². The number of anilines is 2. The minimum atomic E-state index is -0.292. The van der Waals surface area contributed by atoms with Crippen LogP contribution in [0.1, 0.15) is 23.3 Å². The van der Waals surface area contributed by atoms with Crippen LogP contribution in [0.5, 0.6) is 0 Å². The number of carbonyl (C=O) groups is 1. The van der Waals surface area contributed by atoms with Gasteiger partial charge in [-0.1, -0.05) is 11.8 Å². The molecule has 1 amide bonds. The second-order valence-electron chi connectivity index (χ2n) is 7.09. The van der Waals surface area contributed by atoms with Gasteiger partial charge in [-0.25, -0.2) is 4.39 Å². The van der Waals surface area contributed by atoms with Crippen molar-refractivity contribution in [2.45, 2.75) is 22.6 Å². The van der Waals surface area contributed by atoms with Crippen molar-refractivity contribution in [3.05, 3.63) is 78.4 Å². The van der Waals surface area contributed by atoms with Crippen LogP contribution in [-0.2, 0) is 0 Å². The first-order valence-electron chi connectivity index (χ1n) is 9.94. The summed E-state index contributed by atoms with van der Waals surface area (Å²) < 4.78 is 13.0. The number of carbonyl (C=O) groups excluding carboxylic acids is 1. The lowest BCUT2D eigenvalue weighted by Crippen LogP contribution is -2.28. The summed E-state index contributed by atoms with van der Waals surface area (Å²) in [5.41, 5.74) is 2.04. The molecule has 1 aliphatic rings. The molecule has 3 aromatic rings. The topological polar surface area (TPSA) is 57.3 Å². The van der Waals surface area contributed by atoms with Crippen LogP contribution in [0.25, 0.3) is 0 Å². The number of hydrogen-bond donors (Lipinski definition) is 2. The molecule has 1 saturated heterocycles. The maximum atomic E-state index is 13.0. The number of aromatic nitrogens is 1. The minimum Gasteiger partial charge on any atom is -0.337 e. The quantitative estimate of drug-likeness (QED) is 0.505. The Morgan fingerprint density at radius 1 is 0.935 bits per heavy atom. The van der Waals surface area contributed by atoms with Crippen molar-refractivity contribution < 1.29 is 9.18 Å². The van der Waals surface area contributed by atoms with Crippen molar-refractivity contribution in [2.24, 2.45) is 0 Å². The van der Waals surface area contributed by atoms with Gasteiger partial charge in [0.25, 0.3) is 5.91 Å². The fourth-order valence-corrected chi connectivity index (χ4v) is 4.32. The van der Waals surface area contributed by atoms with Crippen LogP contribution >= 0.6 is 24.0 Å². The standard InChI is InChI=1S/C23H21FN4OS2/c24-16-3-5-17(6-4-16)26-23(30)27-18-7-9-19(10-8-18)31-20-11-12-25-21(15-20)22(29)28-13-1-2-14-28/h3-12,15H,1-2,13-14H2,(H2,26,27,30). The molecule has 2 aromatic carbocycles. The highest BCUT2D eigenvalue weighted by Crippen LogP contribution is 2.29. The highest BCUT2D eigenvalue weighted by molar-refractivity contribution is 7.99. The van der Waals surface area contributed by atoms with E-state index in [-0.39, 0.29) is 11.7 Å². The van der Waals surface area contributed by atoms with E-state index in [2.05, 4.69) is 15.6 Å². The Labute approximate surface area is 190 Å². The van der Waals surface area contributed by atoms with E-state index in [1.165, 1.54) is 12.1 Å². The van der Waals surface area contributed by atoms with Crippen molar-refractivity contribution in [3.8, 4) is 0 Å². The summed E-state index contributed by atoms with van der Waals surface area (Å²) >= 11 is 6.88. The Morgan fingerprint density at radius 3 is 2.19 bits per heavy atom. The number of pyridine rings is 1. The van der Waals surface area contributed by atoms with Gasteiger partial charge in [-0.3, -0.25) is 9.78 Å². The molecule has 4 rings (SSSR count). The molecule has 0 spiro atoms. The van der Waals surface area contributed by atoms with Gasteiger partial charge in [0.15, 0.2) is 5.11 Å². The first-order chi connectivity index (χ1) is 15.1. The van der Waals surface area contributed by atoms with E-state index < -0.39 is 0 Å². The van der Waals surface area contributed by atoms with Crippen molar-refractivity contribution in [1.82, 2.24) is 9.88 Å². The number of likely N-dealkylation sites (tertiary alicyclic amines) is 1. The summed E-state index contributed by atoms with van der Waals surface area (Å²) in [5.74, 6) is -0.291. The van der Waals surface area contributed by atoms with Gasteiger partial charge in [0.05, 0.1) is 0 Å². The lowest BCUT2D eigenvalue weighted by Gasteiger charge is -2.14. The minimum absolute atomic E-state index is 0.00154. The van der Waals surface area contributed by atoms with E-state index in [0.29, 0.717) is 16.5 Å². The molecule has 0 atom stereocenters. The van der Waals surface area contributed by atoms with E-state index in [4.69, 9.17) is 12.2 Å². The van der Waals surface area contributed by atoms with Crippen LogP contribution in [0.3, 0.4) is 0 Å². The summed E-state index contributed by atoms with van der Waals surface area (Å²) in [6.07, 6.45) is 3.80. The average molecular weight is 453 g/mol. The van der Waals surface area contributed by atoms with Gasteiger partial charge in [0.1, 0.15) is 11.5 Å². The Balaban J connectivity index is 1.35. The molecule has 0 bridgehead atoms. The number of halogens is 1. The normalized spacial score (nSPS) is 13.1. The second-order valence-corrected chi connectivity index (χ2v) is 8.64. The number of hydrogen-bond acceptors (Lipinski definition) is 4. The van der Waals surface area contributed by atoms with Crippen LogP contribution in [-0.4, -0.2) is 34.0 Å². The van der Waals surface area contributed by atoms with Crippen molar-refractivity contribution in [2.75, 3.05) is 23.7 Å². The van der Waals surface area contributed by atoms with Gasteiger partial charge in [-0.15, -0.1) is 0 Å². The van der Waals surface area contributed by atoms with Crippen molar-refractivity contribution in [1.29, 1.82) is 0 Å². The number of benzene rings is 2. The molecule has 0 unspecified atom stereocenters. The van der Waals surface area contributed by atoms with Gasteiger partial charge in [0.2, 0.25) is 0 Å². The summed E-state index contributed by atoms with van der Waals surface area (Å²) in [6.45, 7) is 1.62. The average Bonchev–Trinajstić information content (AvgIpc) is 3.31. The van der Waals surface area contributed by atoms with E-state index in [0.717, 1.165) is 41.4 Å². The first-order valence-corrected chi connectivity index (χ1v) is 11.2. The van der Waals surface area contributed by atoms with Gasteiger partial charge < -0.3 is 15.5 Å². The van der Waals surface area contributed by atoms with E-state index >= 15 is 0 Å². The molecule has 0 saturated carbocycles. The number of nitrogens with one attached hydrogen (secondary N) is 2. The molecule has 8 heteroatoms. The molecule has 158 valence electrons. The van der Waals surface area contributed by atoms with Crippen molar-refractivity contribution >= 4 is 46.4 Å². The lowest BCUT2D eigenvalue weighted by molar-refractivity contribution is 0.0786. The highest BCUT2D eigenvalue weighted by atomic mass is 32.2. The molecule has 2 N–H and O–H groups in total. The molecular formula is C23H21FN4OS2. The molecule has 5 nitrogen and oxygen atoms in total. The Kier molecular flexibility index (Phi) is 6.79. The molecule has 0 aliphatic carbocycles. The maximum Gasteiger partial charge on any atom is 0.272 e. The number of nitrogens with zero attached hydrogens (tertiary/aromatic N) is 2. The predicted octanol–water partition coefficient (Wildman–Crippen LogP) is 5.42. The number of rotatable bonds is 5.